The van der Waals surface area contributed by atoms with Crippen molar-refractivity contribution >= 4 is 0 Å². The van der Waals surface area contributed by atoms with E-state index in [0.29, 0.717) is 18.1 Å². The fourth-order valence-corrected chi connectivity index (χ4v) is 3.54. The van der Waals surface area contributed by atoms with Crippen LogP contribution in [0.15, 0.2) is 18.2 Å². The smallest absolute Gasteiger partial charge is 0.0296 e. The quantitative estimate of drug-likeness (QED) is 0.845. The van der Waals surface area contributed by atoms with Crippen molar-refractivity contribution in [2.45, 2.75) is 77.9 Å². The van der Waals surface area contributed by atoms with Gasteiger partial charge < -0.3 is 10.6 Å². The highest BCUT2D eigenvalue weighted by Crippen LogP contribution is 2.20. The second kappa shape index (κ2) is 7.95. The third-order valence-electron chi connectivity index (χ3n) is 4.74. The van der Waals surface area contributed by atoms with E-state index in [1.54, 1.807) is 0 Å². The first kappa shape index (κ1) is 16.5. The van der Waals surface area contributed by atoms with Gasteiger partial charge in [0.25, 0.3) is 0 Å². The summed E-state index contributed by atoms with van der Waals surface area (Å²) in [5, 5.41) is 7.50. The molecule has 1 fully saturated rings. The number of hydrogen-bond acceptors (Lipinski definition) is 2. The molecule has 2 rings (SSSR count). The Hall–Kier alpha value is -0.860. The van der Waals surface area contributed by atoms with Gasteiger partial charge in [0, 0.05) is 18.1 Å². The van der Waals surface area contributed by atoms with Crippen LogP contribution in [0.5, 0.6) is 0 Å². The van der Waals surface area contributed by atoms with E-state index >= 15 is 0 Å². The van der Waals surface area contributed by atoms with Gasteiger partial charge in [-0.1, -0.05) is 36.6 Å². The maximum atomic E-state index is 3.79. The monoisotopic (exact) mass is 288 g/mol. The average Bonchev–Trinajstić information content (AvgIpc) is 2.70. The van der Waals surface area contributed by atoms with Crippen LogP contribution < -0.4 is 10.6 Å². The van der Waals surface area contributed by atoms with E-state index in [9.17, 15) is 0 Å². The molecule has 3 atom stereocenters. The molecule has 0 bridgehead atoms. The van der Waals surface area contributed by atoms with E-state index < -0.39 is 0 Å². The van der Waals surface area contributed by atoms with Crippen molar-refractivity contribution in [3.63, 3.8) is 0 Å². The topological polar surface area (TPSA) is 24.1 Å². The van der Waals surface area contributed by atoms with Gasteiger partial charge in [-0.3, -0.25) is 0 Å². The minimum atomic E-state index is 0.422. The summed E-state index contributed by atoms with van der Waals surface area (Å²) in [5.41, 5.74) is 4.18. The van der Waals surface area contributed by atoms with Gasteiger partial charge >= 0.3 is 0 Å². The predicted octanol–water partition coefficient (Wildman–Crippen LogP) is 4.26. The third-order valence-corrected chi connectivity index (χ3v) is 4.74. The first-order valence-electron chi connectivity index (χ1n) is 8.63. The van der Waals surface area contributed by atoms with E-state index in [0.717, 1.165) is 0 Å². The molecule has 0 aliphatic carbocycles. The molecule has 2 N–H and O–H groups in total. The Labute approximate surface area is 130 Å². The highest BCUT2D eigenvalue weighted by atomic mass is 15.0. The number of benzene rings is 1. The maximum absolute atomic E-state index is 3.79. The Kier molecular flexibility index (Phi) is 6.25. The Balaban J connectivity index is 1.89. The van der Waals surface area contributed by atoms with Gasteiger partial charge in [-0.15, -0.1) is 0 Å². The molecule has 1 heterocycles. The van der Waals surface area contributed by atoms with Crippen LogP contribution in [0.1, 0.15) is 68.7 Å². The minimum Gasteiger partial charge on any atom is -0.314 e. The predicted molar refractivity (Wildman–Crippen MR) is 91.8 cm³/mol. The van der Waals surface area contributed by atoms with Crippen molar-refractivity contribution in [3.05, 3.63) is 34.9 Å². The average molecular weight is 288 g/mol. The Morgan fingerprint density at radius 1 is 1.19 bits per heavy atom. The van der Waals surface area contributed by atoms with Crippen molar-refractivity contribution in [2.24, 2.45) is 0 Å². The first-order chi connectivity index (χ1) is 10.1. The van der Waals surface area contributed by atoms with E-state index in [2.05, 4.69) is 56.5 Å². The van der Waals surface area contributed by atoms with Gasteiger partial charge in [0.2, 0.25) is 0 Å². The van der Waals surface area contributed by atoms with Crippen LogP contribution in [0.3, 0.4) is 0 Å². The van der Waals surface area contributed by atoms with E-state index in [4.69, 9.17) is 0 Å². The molecule has 0 aromatic heterocycles. The molecule has 1 aliphatic rings. The van der Waals surface area contributed by atoms with Crippen molar-refractivity contribution in [2.75, 3.05) is 6.54 Å². The molecule has 1 aromatic rings. The third kappa shape index (κ3) is 5.12. The summed E-state index contributed by atoms with van der Waals surface area (Å²) in [6, 6.07) is 8.43. The number of aryl methyl sites for hydroxylation is 2. The fourth-order valence-electron chi connectivity index (χ4n) is 3.54. The van der Waals surface area contributed by atoms with Crippen LogP contribution in [0.2, 0.25) is 0 Å². The van der Waals surface area contributed by atoms with Crippen LogP contribution in [-0.2, 0) is 0 Å². The van der Waals surface area contributed by atoms with E-state index in [1.807, 2.05) is 0 Å². The van der Waals surface area contributed by atoms with Gasteiger partial charge in [0.1, 0.15) is 0 Å². The molecule has 2 heteroatoms. The summed E-state index contributed by atoms with van der Waals surface area (Å²) in [5.74, 6) is 0. The second-order valence-electron chi connectivity index (χ2n) is 6.89. The van der Waals surface area contributed by atoms with Crippen LogP contribution in [0.4, 0.5) is 0 Å². The zero-order valence-corrected chi connectivity index (χ0v) is 14.2. The van der Waals surface area contributed by atoms with Crippen molar-refractivity contribution in [1.82, 2.24) is 10.6 Å². The molecule has 0 radical (unpaired) electrons. The number of rotatable bonds is 5. The van der Waals surface area contributed by atoms with Crippen LogP contribution in [0, 0.1) is 13.8 Å². The summed E-state index contributed by atoms with van der Waals surface area (Å²) in [6.45, 7) is 10.2. The maximum Gasteiger partial charge on any atom is 0.0296 e. The van der Waals surface area contributed by atoms with Gasteiger partial charge in [-0.2, -0.15) is 0 Å². The molecule has 0 spiro atoms. The molecule has 1 saturated heterocycles. The lowest BCUT2D eigenvalue weighted by molar-refractivity contribution is 0.380. The molecule has 3 unspecified atom stereocenters. The van der Waals surface area contributed by atoms with Crippen LogP contribution in [0.25, 0.3) is 0 Å². The zero-order chi connectivity index (χ0) is 15.2. The number of hydrogen-bond donors (Lipinski definition) is 2. The van der Waals surface area contributed by atoms with Gasteiger partial charge in [0.05, 0.1) is 0 Å². The summed E-state index contributed by atoms with van der Waals surface area (Å²) >= 11 is 0. The Morgan fingerprint density at radius 3 is 2.81 bits per heavy atom. The molecule has 0 amide bonds. The van der Waals surface area contributed by atoms with Gasteiger partial charge in [0.15, 0.2) is 0 Å². The molecule has 0 saturated carbocycles. The molecular weight excluding hydrogens is 256 g/mol. The zero-order valence-electron chi connectivity index (χ0n) is 14.2. The van der Waals surface area contributed by atoms with Gasteiger partial charge in [-0.25, -0.2) is 0 Å². The minimum absolute atomic E-state index is 0.422. The van der Waals surface area contributed by atoms with Crippen molar-refractivity contribution in [1.29, 1.82) is 0 Å². The van der Waals surface area contributed by atoms with Crippen molar-refractivity contribution in [3.8, 4) is 0 Å². The van der Waals surface area contributed by atoms with Gasteiger partial charge in [-0.05, 0) is 64.6 Å². The molecule has 1 aromatic carbocycles. The second-order valence-corrected chi connectivity index (χ2v) is 6.89. The van der Waals surface area contributed by atoms with E-state index in [1.165, 1.54) is 55.3 Å². The summed E-state index contributed by atoms with van der Waals surface area (Å²) < 4.78 is 0. The van der Waals surface area contributed by atoms with Crippen LogP contribution in [-0.4, -0.2) is 18.6 Å². The molecule has 1 aliphatic heterocycles. The Morgan fingerprint density at radius 2 is 2.00 bits per heavy atom. The highest BCUT2D eigenvalue weighted by molar-refractivity contribution is 5.32. The number of nitrogens with one attached hydrogen (secondary N) is 2. The highest BCUT2D eigenvalue weighted by Gasteiger charge is 2.17. The molecule has 21 heavy (non-hydrogen) atoms. The largest absolute Gasteiger partial charge is 0.314 e. The Bertz CT molecular complexity index is 433. The first-order valence-corrected chi connectivity index (χ1v) is 8.63. The van der Waals surface area contributed by atoms with E-state index in [-0.39, 0.29) is 0 Å². The standard InChI is InChI=1S/C19H32N2/c1-14-9-10-15(2)19(12-14)17(4)21-16(3)13-18-8-6-5-7-11-20-18/h9-10,12,16-18,20-21H,5-8,11,13H2,1-4H3. The SMILES string of the molecule is Cc1ccc(C)c(C(C)NC(C)CC2CCCCCN2)c1. The summed E-state index contributed by atoms with van der Waals surface area (Å²) in [7, 11) is 0. The lowest BCUT2D eigenvalue weighted by atomic mass is 9.98. The summed E-state index contributed by atoms with van der Waals surface area (Å²) in [4.78, 5) is 0. The fraction of sp³-hybridized carbons (Fsp3) is 0.684. The lowest BCUT2D eigenvalue weighted by Gasteiger charge is -2.26. The summed E-state index contributed by atoms with van der Waals surface area (Å²) in [6.07, 6.45) is 6.69. The molecular formula is C19H32N2. The van der Waals surface area contributed by atoms with Crippen molar-refractivity contribution < 1.29 is 0 Å². The normalized spacial score (nSPS) is 22.6. The lowest BCUT2D eigenvalue weighted by Crippen LogP contribution is -2.37. The molecule has 118 valence electrons. The van der Waals surface area contributed by atoms with Crippen LogP contribution >= 0.6 is 0 Å². The molecule has 2 nitrogen and oxygen atoms in total.